The van der Waals surface area contributed by atoms with E-state index in [4.69, 9.17) is 0 Å². The molecule has 25 heavy (non-hydrogen) atoms. The van der Waals surface area contributed by atoms with Crippen LogP contribution in [0, 0.1) is 38.2 Å². The molecule has 0 bridgehead atoms. The number of aromatic nitrogens is 2. The van der Waals surface area contributed by atoms with Crippen LogP contribution in [0.5, 0.6) is 0 Å². The fourth-order valence-electron chi connectivity index (χ4n) is 2.99. The summed E-state index contributed by atoms with van der Waals surface area (Å²) in [5.41, 5.74) is 3.27. The van der Waals surface area contributed by atoms with Crippen molar-refractivity contribution in [3.05, 3.63) is 81.9 Å². The van der Waals surface area contributed by atoms with Gasteiger partial charge in [-0.25, -0.2) is 17.9 Å². The summed E-state index contributed by atoms with van der Waals surface area (Å²) >= 11 is 0. The van der Waals surface area contributed by atoms with Crippen molar-refractivity contribution in [2.45, 2.75) is 33.6 Å². The van der Waals surface area contributed by atoms with Crippen LogP contribution in [0.25, 0.3) is 5.69 Å². The highest BCUT2D eigenvalue weighted by atomic mass is 19.1. The number of benzene rings is 2. The van der Waals surface area contributed by atoms with Gasteiger partial charge in [-0.2, -0.15) is 5.10 Å². The first-order chi connectivity index (χ1) is 11.8. The molecule has 1 heterocycles. The molecule has 5 heteroatoms. The molecule has 0 amide bonds. The average Bonchev–Trinajstić information content (AvgIpc) is 2.84. The van der Waals surface area contributed by atoms with Gasteiger partial charge in [-0.1, -0.05) is 6.07 Å². The molecule has 0 aliphatic rings. The number of aryl methyl sites for hydroxylation is 4. The quantitative estimate of drug-likeness (QED) is 0.651. The maximum Gasteiger partial charge on any atom is 0.149 e. The lowest BCUT2D eigenvalue weighted by atomic mass is 10.0. The van der Waals surface area contributed by atoms with Gasteiger partial charge in [0.15, 0.2) is 0 Å². The monoisotopic (exact) mass is 344 g/mol. The molecule has 130 valence electrons. The van der Waals surface area contributed by atoms with Gasteiger partial charge < -0.3 is 0 Å². The third-order valence-corrected chi connectivity index (χ3v) is 4.20. The zero-order valence-corrected chi connectivity index (χ0v) is 14.4. The van der Waals surface area contributed by atoms with Crippen molar-refractivity contribution in [2.75, 3.05) is 0 Å². The number of rotatable bonds is 4. The second-order valence-electron chi connectivity index (χ2n) is 6.33. The Bertz CT molecular complexity index is 906. The lowest BCUT2D eigenvalue weighted by Crippen LogP contribution is -2.04. The maximum atomic E-state index is 14.5. The summed E-state index contributed by atoms with van der Waals surface area (Å²) in [6.07, 6.45) is 0.530. The van der Waals surface area contributed by atoms with Crippen LogP contribution in [-0.4, -0.2) is 9.78 Å². The molecule has 1 aromatic heterocycles. The Morgan fingerprint density at radius 2 is 1.52 bits per heavy atom. The normalized spacial score (nSPS) is 11.1. The van der Waals surface area contributed by atoms with Crippen molar-refractivity contribution in [3.63, 3.8) is 0 Å². The SMILES string of the molecule is Cc1cc(F)c(CCc2ccc(-n3nc(C)cc3C)c(F)c2)c(F)c1. The smallest absolute Gasteiger partial charge is 0.149 e. The van der Waals surface area contributed by atoms with Crippen molar-refractivity contribution < 1.29 is 13.2 Å². The first-order valence-corrected chi connectivity index (χ1v) is 8.11. The van der Waals surface area contributed by atoms with E-state index in [1.807, 2.05) is 19.9 Å². The van der Waals surface area contributed by atoms with E-state index in [2.05, 4.69) is 5.10 Å². The van der Waals surface area contributed by atoms with Crippen LogP contribution in [0.15, 0.2) is 36.4 Å². The van der Waals surface area contributed by atoms with Crippen molar-refractivity contribution in [1.29, 1.82) is 0 Å². The van der Waals surface area contributed by atoms with Crippen molar-refractivity contribution in [2.24, 2.45) is 0 Å². The predicted octanol–water partition coefficient (Wildman–Crippen LogP) is 5.00. The molecule has 0 N–H and O–H groups in total. The van der Waals surface area contributed by atoms with Crippen LogP contribution >= 0.6 is 0 Å². The first-order valence-electron chi connectivity index (χ1n) is 8.11. The average molecular weight is 344 g/mol. The Kier molecular flexibility index (Phi) is 4.66. The standard InChI is InChI=1S/C20H19F3N2/c1-12-8-17(21)16(18(22)9-12)6-4-15-5-7-20(19(23)11-15)25-14(3)10-13(2)24-25/h5,7-11H,4,6H2,1-3H3. The van der Waals surface area contributed by atoms with Crippen molar-refractivity contribution in [1.82, 2.24) is 9.78 Å². The van der Waals surface area contributed by atoms with E-state index in [-0.39, 0.29) is 12.0 Å². The molecule has 0 saturated heterocycles. The molecule has 0 aliphatic carbocycles. The van der Waals surface area contributed by atoms with Gasteiger partial charge in [-0.05, 0) is 75.1 Å². The number of halogens is 3. The summed E-state index contributed by atoms with van der Waals surface area (Å²) in [5.74, 6) is -1.52. The van der Waals surface area contributed by atoms with E-state index >= 15 is 0 Å². The molecular weight excluding hydrogens is 325 g/mol. The summed E-state index contributed by atoms with van der Waals surface area (Å²) in [6.45, 7) is 5.35. The van der Waals surface area contributed by atoms with E-state index < -0.39 is 17.5 Å². The molecule has 0 spiro atoms. The summed E-state index contributed by atoms with van der Waals surface area (Å²) in [5, 5.41) is 4.27. The Morgan fingerprint density at radius 1 is 0.840 bits per heavy atom. The van der Waals surface area contributed by atoms with E-state index in [0.29, 0.717) is 23.2 Å². The van der Waals surface area contributed by atoms with Gasteiger partial charge in [0.25, 0.3) is 0 Å². The minimum atomic E-state index is -0.558. The van der Waals surface area contributed by atoms with Crippen molar-refractivity contribution >= 4 is 0 Å². The highest BCUT2D eigenvalue weighted by molar-refractivity contribution is 5.38. The Labute approximate surface area is 144 Å². The lowest BCUT2D eigenvalue weighted by Gasteiger charge is -2.09. The molecule has 2 nitrogen and oxygen atoms in total. The highest BCUT2D eigenvalue weighted by Gasteiger charge is 2.13. The summed E-state index contributed by atoms with van der Waals surface area (Å²) in [6, 6.07) is 9.30. The maximum absolute atomic E-state index is 14.5. The topological polar surface area (TPSA) is 17.8 Å². The third-order valence-electron chi connectivity index (χ3n) is 4.20. The van der Waals surface area contributed by atoms with Crippen LogP contribution in [-0.2, 0) is 12.8 Å². The number of nitrogens with zero attached hydrogens (tertiary/aromatic N) is 2. The fraction of sp³-hybridized carbons (Fsp3) is 0.250. The van der Waals surface area contributed by atoms with Gasteiger partial charge in [0, 0.05) is 11.3 Å². The van der Waals surface area contributed by atoms with Gasteiger partial charge in [0.05, 0.1) is 5.69 Å². The zero-order valence-electron chi connectivity index (χ0n) is 14.4. The molecule has 0 aliphatic heterocycles. The van der Waals surface area contributed by atoms with E-state index in [9.17, 15) is 13.2 Å². The lowest BCUT2D eigenvalue weighted by molar-refractivity contribution is 0.552. The van der Waals surface area contributed by atoms with E-state index in [1.54, 1.807) is 23.7 Å². The van der Waals surface area contributed by atoms with Crippen LogP contribution in [0.3, 0.4) is 0 Å². The molecule has 0 fully saturated rings. The summed E-state index contributed by atoms with van der Waals surface area (Å²) in [4.78, 5) is 0. The van der Waals surface area contributed by atoms with E-state index in [1.165, 1.54) is 18.2 Å². The molecule has 0 saturated carbocycles. The molecule has 3 rings (SSSR count). The van der Waals surface area contributed by atoms with Gasteiger partial charge in [0.1, 0.15) is 23.1 Å². The molecule has 2 aromatic carbocycles. The predicted molar refractivity (Wildman–Crippen MR) is 91.5 cm³/mol. The fourth-order valence-corrected chi connectivity index (χ4v) is 2.99. The van der Waals surface area contributed by atoms with Crippen LogP contribution < -0.4 is 0 Å². The number of hydrogen-bond acceptors (Lipinski definition) is 1. The molecule has 3 aromatic rings. The summed E-state index contributed by atoms with van der Waals surface area (Å²) in [7, 11) is 0. The Morgan fingerprint density at radius 3 is 2.08 bits per heavy atom. The Balaban J connectivity index is 1.81. The second-order valence-corrected chi connectivity index (χ2v) is 6.33. The third kappa shape index (κ3) is 3.60. The second kappa shape index (κ2) is 6.75. The van der Waals surface area contributed by atoms with Crippen LogP contribution in [0.2, 0.25) is 0 Å². The molecule has 0 radical (unpaired) electrons. The Hall–Kier alpha value is -2.56. The van der Waals surface area contributed by atoms with Gasteiger partial charge in [-0.15, -0.1) is 0 Å². The minimum absolute atomic E-state index is 0.0358. The van der Waals surface area contributed by atoms with Gasteiger partial charge in [0.2, 0.25) is 0 Å². The summed E-state index contributed by atoms with van der Waals surface area (Å²) < 4.78 is 43.8. The van der Waals surface area contributed by atoms with Crippen LogP contribution in [0.4, 0.5) is 13.2 Å². The van der Waals surface area contributed by atoms with E-state index in [0.717, 1.165) is 11.4 Å². The van der Waals surface area contributed by atoms with Crippen LogP contribution in [0.1, 0.15) is 28.1 Å². The number of hydrogen-bond donors (Lipinski definition) is 0. The van der Waals surface area contributed by atoms with Gasteiger partial charge in [-0.3, -0.25) is 0 Å². The zero-order chi connectivity index (χ0) is 18.1. The van der Waals surface area contributed by atoms with Crippen molar-refractivity contribution in [3.8, 4) is 5.69 Å². The first kappa shape index (κ1) is 17.3. The molecular formula is C20H19F3N2. The highest BCUT2D eigenvalue weighted by Crippen LogP contribution is 2.21. The largest absolute Gasteiger partial charge is 0.235 e. The molecule has 0 atom stereocenters. The molecule has 0 unspecified atom stereocenters. The van der Waals surface area contributed by atoms with Gasteiger partial charge >= 0.3 is 0 Å². The minimum Gasteiger partial charge on any atom is -0.235 e.